The molecule has 9 nitrogen and oxygen atoms in total. The summed E-state index contributed by atoms with van der Waals surface area (Å²) in [6, 6.07) is 9.92. The predicted molar refractivity (Wildman–Crippen MR) is 118 cm³/mol. The van der Waals surface area contributed by atoms with Crippen molar-refractivity contribution in [2.75, 3.05) is 38.0 Å². The van der Waals surface area contributed by atoms with Crippen LogP contribution in [0.5, 0.6) is 0 Å². The highest BCUT2D eigenvalue weighted by Gasteiger charge is 2.30. The number of hydrogen-bond acceptors (Lipinski definition) is 6. The van der Waals surface area contributed by atoms with Crippen LogP contribution >= 0.6 is 0 Å². The van der Waals surface area contributed by atoms with Crippen molar-refractivity contribution in [3.8, 4) is 0 Å². The van der Waals surface area contributed by atoms with E-state index in [9.17, 15) is 23.3 Å². The van der Waals surface area contributed by atoms with Crippen molar-refractivity contribution in [1.29, 1.82) is 0 Å². The van der Waals surface area contributed by atoms with Crippen LogP contribution in [0.4, 0.5) is 11.4 Å². The molecule has 3 rings (SSSR count). The van der Waals surface area contributed by atoms with E-state index in [-0.39, 0.29) is 18.1 Å². The fourth-order valence-corrected chi connectivity index (χ4v) is 5.27. The summed E-state index contributed by atoms with van der Waals surface area (Å²) in [4.78, 5) is 25.1. The van der Waals surface area contributed by atoms with Crippen LogP contribution in [-0.2, 0) is 14.8 Å². The van der Waals surface area contributed by atoms with Crippen molar-refractivity contribution < 1.29 is 18.1 Å². The highest BCUT2D eigenvalue weighted by atomic mass is 32.2. The van der Waals surface area contributed by atoms with Crippen molar-refractivity contribution in [2.45, 2.75) is 25.7 Å². The maximum absolute atomic E-state index is 13.0. The van der Waals surface area contributed by atoms with Crippen LogP contribution < -0.4 is 5.32 Å². The normalized spacial score (nSPS) is 15.6. The molecule has 2 aromatic rings. The molecule has 0 atom stereocenters. The van der Waals surface area contributed by atoms with Crippen molar-refractivity contribution in [3.05, 3.63) is 63.2 Å². The average molecular weight is 447 g/mol. The number of anilines is 1. The topological polar surface area (TPSA) is 113 Å². The van der Waals surface area contributed by atoms with Crippen LogP contribution in [0.3, 0.4) is 0 Å². The molecule has 0 spiro atoms. The molecule has 1 fully saturated rings. The van der Waals surface area contributed by atoms with Gasteiger partial charge in [0.25, 0.3) is 5.69 Å². The van der Waals surface area contributed by atoms with Crippen molar-refractivity contribution in [3.63, 3.8) is 0 Å². The van der Waals surface area contributed by atoms with Gasteiger partial charge in [0.2, 0.25) is 15.9 Å². The highest BCUT2D eigenvalue weighted by Crippen LogP contribution is 2.23. The summed E-state index contributed by atoms with van der Waals surface area (Å²) in [6.45, 7) is 6.78. The SMILES string of the molecule is Cc1ccc(C)c(S(=O)(=O)N2CCN(CC(=O)Nc3ccc(C)c([N+](=O)[O-])c3)CC2)c1. The minimum Gasteiger partial charge on any atom is -0.325 e. The third kappa shape index (κ3) is 5.27. The van der Waals surface area contributed by atoms with E-state index in [1.807, 2.05) is 17.9 Å². The van der Waals surface area contributed by atoms with Crippen LogP contribution in [0.15, 0.2) is 41.3 Å². The zero-order valence-electron chi connectivity index (χ0n) is 17.8. The summed E-state index contributed by atoms with van der Waals surface area (Å²) in [7, 11) is -3.59. The van der Waals surface area contributed by atoms with E-state index in [4.69, 9.17) is 0 Å². The van der Waals surface area contributed by atoms with Gasteiger partial charge in [-0.25, -0.2) is 8.42 Å². The Morgan fingerprint density at radius 2 is 1.68 bits per heavy atom. The molecule has 1 N–H and O–H groups in total. The largest absolute Gasteiger partial charge is 0.325 e. The van der Waals surface area contributed by atoms with E-state index in [1.54, 1.807) is 38.1 Å². The van der Waals surface area contributed by atoms with Crippen molar-refractivity contribution >= 4 is 27.3 Å². The Kier molecular flexibility index (Phi) is 6.73. The highest BCUT2D eigenvalue weighted by molar-refractivity contribution is 7.89. The van der Waals surface area contributed by atoms with Gasteiger partial charge in [-0.1, -0.05) is 18.2 Å². The lowest BCUT2D eigenvalue weighted by Crippen LogP contribution is -2.50. The summed E-state index contributed by atoms with van der Waals surface area (Å²) < 4.78 is 27.5. The fraction of sp³-hybridized carbons (Fsp3) is 0.381. The minimum atomic E-state index is -3.59. The summed E-state index contributed by atoms with van der Waals surface area (Å²) in [5.74, 6) is -0.302. The molecule has 0 bridgehead atoms. The Hall–Kier alpha value is -2.82. The predicted octanol–water partition coefficient (Wildman–Crippen LogP) is 2.47. The molecule has 10 heteroatoms. The number of carbonyl (C=O) groups excluding carboxylic acids is 1. The average Bonchev–Trinajstić information content (AvgIpc) is 2.71. The second kappa shape index (κ2) is 9.13. The lowest BCUT2D eigenvalue weighted by atomic mass is 10.2. The first kappa shape index (κ1) is 22.9. The number of amides is 1. The minimum absolute atomic E-state index is 0.0527. The van der Waals surface area contributed by atoms with Crippen LogP contribution in [0.2, 0.25) is 0 Å². The molecule has 31 heavy (non-hydrogen) atoms. The number of rotatable bonds is 6. The Balaban J connectivity index is 1.59. The molecule has 0 unspecified atom stereocenters. The smallest absolute Gasteiger partial charge is 0.274 e. The number of nitro benzene ring substituents is 1. The second-order valence-corrected chi connectivity index (χ2v) is 9.66. The van der Waals surface area contributed by atoms with E-state index >= 15 is 0 Å². The number of hydrogen-bond donors (Lipinski definition) is 1. The van der Waals surface area contributed by atoms with Gasteiger partial charge in [0.05, 0.1) is 16.4 Å². The number of nitrogens with zero attached hydrogens (tertiary/aromatic N) is 3. The monoisotopic (exact) mass is 446 g/mol. The first-order valence-electron chi connectivity index (χ1n) is 9.92. The summed E-state index contributed by atoms with van der Waals surface area (Å²) >= 11 is 0. The Bertz CT molecular complexity index is 1110. The molecule has 0 radical (unpaired) electrons. The summed E-state index contributed by atoms with van der Waals surface area (Å²) in [6.07, 6.45) is 0. The molecule has 1 heterocycles. The van der Waals surface area contributed by atoms with E-state index < -0.39 is 14.9 Å². The Morgan fingerprint density at radius 1 is 1.03 bits per heavy atom. The summed E-state index contributed by atoms with van der Waals surface area (Å²) in [5.41, 5.74) is 2.42. The third-order valence-electron chi connectivity index (χ3n) is 5.35. The van der Waals surface area contributed by atoms with Crippen LogP contribution in [-0.4, -0.2) is 61.2 Å². The maximum atomic E-state index is 13.0. The molecule has 1 amide bonds. The summed E-state index contributed by atoms with van der Waals surface area (Å²) in [5, 5.41) is 13.7. The number of aryl methyl sites for hydroxylation is 3. The molecular weight excluding hydrogens is 420 g/mol. The van der Waals surface area contributed by atoms with E-state index in [0.29, 0.717) is 47.9 Å². The van der Waals surface area contributed by atoms with Crippen molar-refractivity contribution in [2.24, 2.45) is 0 Å². The zero-order chi connectivity index (χ0) is 22.8. The third-order valence-corrected chi connectivity index (χ3v) is 7.39. The van der Waals surface area contributed by atoms with Crippen LogP contribution in [0.1, 0.15) is 16.7 Å². The lowest BCUT2D eigenvalue weighted by Gasteiger charge is -2.33. The number of nitrogens with one attached hydrogen (secondary N) is 1. The first-order chi connectivity index (χ1) is 14.6. The van der Waals surface area contributed by atoms with Gasteiger partial charge in [0.15, 0.2) is 0 Å². The van der Waals surface area contributed by atoms with Gasteiger partial charge in [-0.15, -0.1) is 0 Å². The molecule has 1 saturated heterocycles. The van der Waals surface area contributed by atoms with Crippen LogP contribution in [0.25, 0.3) is 0 Å². The second-order valence-electron chi connectivity index (χ2n) is 7.76. The number of sulfonamides is 1. The maximum Gasteiger partial charge on any atom is 0.274 e. The zero-order valence-corrected chi connectivity index (χ0v) is 18.6. The van der Waals surface area contributed by atoms with Gasteiger partial charge in [-0.2, -0.15) is 4.31 Å². The molecule has 1 aliphatic rings. The molecule has 1 aliphatic heterocycles. The molecule has 0 saturated carbocycles. The van der Waals surface area contributed by atoms with E-state index in [2.05, 4.69) is 5.32 Å². The number of benzene rings is 2. The number of piperazine rings is 1. The lowest BCUT2D eigenvalue weighted by molar-refractivity contribution is -0.385. The van der Waals surface area contributed by atoms with Gasteiger partial charge in [0.1, 0.15) is 0 Å². The van der Waals surface area contributed by atoms with Gasteiger partial charge in [-0.3, -0.25) is 19.8 Å². The van der Waals surface area contributed by atoms with Gasteiger partial charge < -0.3 is 5.32 Å². The number of carbonyl (C=O) groups is 1. The quantitative estimate of drug-likeness (QED) is 0.539. The Labute approximate surface area is 181 Å². The molecular formula is C21H26N4O5S. The molecule has 0 aliphatic carbocycles. The molecule has 166 valence electrons. The van der Waals surface area contributed by atoms with Gasteiger partial charge in [0, 0.05) is 43.5 Å². The van der Waals surface area contributed by atoms with Crippen LogP contribution in [0, 0.1) is 30.9 Å². The van der Waals surface area contributed by atoms with Crippen molar-refractivity contribution in [1.82, 2.24) is 9.21 Å². The molecule has 0 aromatic heterocycles. The Morgan fingerprint density at radius 3 is 2.32 bits per heavy atom. The fourth-order valence-electron chi connectivity index (χ4n) is 3.54. The van der Waals surface area contributed by atoms with Gasteiger partial charge >= 0.3 is 0 Å². The standard InChI is InChI=1S/C21H26N4O5S/c1-15-4-5-17(3)20(12-15)31(29,30)24-10-8-23(9-11-24)14-21(26)22-18-7-6-16(2)19(13-18)25(27)28/h4-7,12-13H,8-11,14H2,1-3H3,(H,22,26). The molecule has 2 aromatic carbocycles. The van der Waals surface area contributed by atoms with E-state index in [1.165, 1.54) is 10.4 Å². The van der Waals surface area contributed by atoms with Gasteiger partial charge in [-0.05, 0) is 44.0 Å². The number of nitro groups is 1. The first-order valence-corrected chi connectivity index (χ1v) is 11.4. The van der Waals surface area contributed by atoms with E-state index in [0.717, 1.165) is 5.56 Å².